The van der Waals surface area contributed by atoms with E-state index in [9.17, 15) is 0 Å². The Hall–Kier alpha value is -1.04. The van der Waals surface area contributed by atoms with E-state index < -0.39 is 5.89 Å². The fraction of sp³-hybridized carbons (Fsp3) is 0.385. The van der Waals surface area contributed by atoms with Gasteiger partial charge < -0.3 is 0 Å². The highest BCUT2D eigenvalue weighted by Crippen LogP contribution is 2.54. The van der Waals surface area contributed by atoms with E-state index in [1.54, 1.807) is 0 Å². The van der Waals surface area contributed by atoms with E-state index in [2.05, 4.69) is 37.3 Å². The second-order valence-electron chi connectivity index (χ2n) is 4.09. The van der Waals surface area contributed by atoms with Crippen LogP contribution in [-0.2, 0) is 5.41 Å². The maximum absolute atomic E-state index is 8.39. The molecule has 2 bridgehead atoms. The number of hydrogen-bond donors (Lipinski definition) is 0. The second-order valence-corrected chi connectivity index (χ2v) is 4.09. The molecule has 13 heavy (non-hydrogen) atoms. The van der Waals surface area contributed by atoms with Gasteiger partial charge >= 0.3 is 0 Å². The van der Waals surface area contributed by atoms with Crippen LogP contribution in [0.25, 0.3) is 0 Å². The van der Waals surface area contributed by atoms with Crippen molar-refractivity contribution >= 4 is 0 Å². The van der Waals surface area contributed by atoms with Crippen molar-refractivity contribution in [2.45, 2.75) is 31.1 Å². The van der Waals surface area contributed by atoms with Crippen LogP contribution in [0.4, 0.5) is 0 Å². The lowest BCUT2D eigenvalue weighted by molar-refractivity contribution is 0.524. The van der Waals surface area contributed by atoms with Crippen LogP contribution in [0.2, 0.25) is 0 Å². The summed E-state index contributed by atoms with van der Waals surface area (Å²) in [4.78, 5) is 0. The van der Waals surface area contributed by atoms with Gasteiger partial charge in [-0.2, -0.15) is 0 Å². The fourth-order valence-corrected chi connectivity index (χ4v) is 2.72. The zero-order valence-electron chi connectivity index (χ0n) is 8.88. The van der Waals surface area contributed by atoms with Gasteiger partial charge in [-0.05, 0) is 24.0 Å². The minimum Gasteiger partial charge on any atom is -0.0801 e. The van der Waals surface area contributed by atoms with Gasteiger partial charge in [-0.15, -0.1) is 0 Å². The summed E-state index contributed by atoms with van der Waals surface area (Å²) in [7, 11) is 0. The van der Waals surface area contributed by atoms with Crippen molar-refractivity contribution in [2.24, 2.45) is 0 Å². The quantitative estimate of drug-likeness (QED) is 0.569. The first-order valence-corrected chi connectivity index (χ1v) is 5.01. The van der Waals surface area contributed by atoms with Crippen LogP contribution in [0.3, 0.4) is 0 Å². The molecule has 0 aliphatic heterocycles. The molecule has 0 saturated heterocycles. The molecule has 0 spiro atoms. The Morgan fingerprint density at radius 2 is 2.38 bits per heavy atom. The molecular weight excluding hydrogens is 156 g/mol. The van der Waals surface area contributed by atoms with Crippen molar-refractivity contribution < 1.29 is 1.37 Å². The summed E-state index contributed by atoms with van der Waals surface area (Å²) in [6.45, 7) is 2.22. The lowest BCUT2D eigenvalue weighted by atomic mass is 9.80. The summed E-state index contributed by atoms with van der Waals surface area (Å²) in [6, 6.07) is 8.45. The Labute approximate surface area is 80.7 Å². The van der Waals surface area contributed by atoms with E-state index in [1.807, 2.05) is 6.07 Å². The summed E-state index contributed by atoms with van der Waals surface area (Å²) < 4.78 is 8.39. The summed E-state index contributed by atoms with van der Waals surface area (Å²) in [5.41, 5.74) is 2.79. The highest BCUT2D eigenvalue weighted by atomic mass is 14.5. The minimum atomic E-state index is -0.424. The fourth-order valence-electron chi connectivity index (χ4n) is 2.72. The molecule has 0 fully saturated rings. The molecule has 0 nitrogen and oxygen atoms in total. The molecule has 0 saturated carbocycles. The maximum Gasteiger partial charge on any atom is 0.0396 e. The van der Waals surface area contributed by atoms with Crippen LogP contribution < -0.4 is 0 Å². The third-order valence-electron chi connectivity index (χ3n) is 3.55. The lowest BCUT2D eigenvalue weighted by Gasteiger charge is -2.23. The Morgan fingerprint density at radius 3 is 3.23 bits per heavy atom. The Bertz CT molecular complexity index is 421. The number of rotatable bonds is 1. The first kappa shape index (κ1) is 6.42. The first-order valence-electron chi connectivity index (χ1n) is 5.51. The highest BCUT2D eigenvalue weighted by Gasteiger charge is 2.43. The van der Waals surface area contributed by atoms with Crippen molar-refractivity contribution in [3.63, 3.8) is 0 Å². The van der Waals surface area contributed by atoms with Gasteiger partial charge in [0.25, 0.3) is 0 Å². The molecule has 0 heteroatoms. The predicted molar refractivity (Wildman–Crippen MR) is 54.9 cm³/mol. The molecule has 2 aliphatic carbocycles. The number of fused-ring (bicyclic) bond motifs is 5. The van der Waals surface area contributed by atoms with E-state index in [4.69, 9.17) is 1.37 Å². The molecule has 0 aromatic heterocycles. The molecular formula is C13H14. The topological polar surface area (TPSA) is 0 Å². The Morgan fingerprint density at radius 1 is 1.54 bits per heavy atom. The average molecular weight is 172 g/mol. The largest absolute Gasteiger partial charge is 0.0801 e. The molecule has 0 N–H and O–H groups in total. The number of hydrogen-bond acceptors (Lipinski definition) is 0. The van der Waals surface area contributed by atoms with Gasteiger partial charge in [0.2, 0.25) is 0 Å². The smallest absolute Gasteiger partial charge is 0.0396 e. The van der Waals surface area contributed by atoms with Gasteiger partial charge in [-0.1, -0.05) is 43.3 Å². The zero-order chi connectivity index (χ0) is 9.81. The Kier molecular flexibility index (Phi) is 1.11. The molecule has 0 heterocycles. The molecule has 0 radical (unpaired) electrons. The second kappa shape index (κ2) is 2.25. The Balaban J connectivity index is 2.30. The van der Waals surface area contributed by atoms with E-state index in [1.165, 1.54) is 11.1 Å². The molecule has 2 aliphatic rings. The van der Waals surface area contributed by atoms with E-state index >= 15 is 0 Å². The van der Waals surface area contributed by atoms with Crippen LogP contribution in [-0.4, -0.2) is 0 Å². The van der Waals surface area contributed by atoms with E-state index in [0.717, 1.165) is 12.8 Å². The van der Waals surface area contributed by atoms with E-state index in [-0.39, 0.29) is 5.41 Å². The van der Waals surface area contributed by atoms with Crippen molar-refractivity contribution in [3.8, 4) is 0 Å². The SMILES string of the molecule is [3H]C12C=CC(CC)(C1)c1ccccc12. The summed E-state index contributed by atoms with van der Waals surface area (Å²) >= 11 is 0. The number of allylic oxidation sites excluding steroid dienone is 2. The summed E-state index contributed by atoms with van der Waals surface area (Å²) in [5.74, 6) is -0.424. The molecule has 2 atom stereocenters. The van der Waals surface area contributed by atoms with Crippen molar-refractivity contribution in [1.29, 1.82) is 0 Å². The number of benzene rings is 1. The molecule has 0 amide bonds. The first-order chi connectivity index (χ1) is 6.70. The van der Waals surface area contributed by atoms with Gasteiger partial charge in [-0.3, -0.25) is 0 Å². The van der Waals surface area contributed by atoms with E-state index in [0.29, 0.717) is 0 Å². The van der Waals surface area contributed by atoms with Gasteiger partial charge in [-0.25, -0.2) is 0 Å². The molecule has 1 aromatic carbocycles. The third-order valence-corrected chi connectivity index (χ3v) is 3.55. The van der Waals surface area contributed by atoms with Gasteiger partial charge in [0, 0.05) is 12.7 Å². The van der Waals surface area contributed by atoms with Gasteiger partial charge in [0.1, 0.15) is 0 Å². The van der Waals surface area contributed by atoms with Crippen LogP contribution >= 0.6 is 0 Å². The molecule has 3 rings (SSSR count). The maximum atomic E-state index is 8.39. The van der Waals surface area contributed by atoms with Crippen molar-refractivity contribution in [2.75, 3.05) is 0 Å². The van der Waals surface area contributed by atoms with Crippen LogP contribution in [0.5, 0.6) is 0 Å². The van der Waals surface area contributed by atoms with Crippen LogP contribution in [0, 0.1) is 0 Å². The predicted octanol–water partition coefficient (Wildman–Crippen LogP) is 3.39. The summed E-state index contributed by atoms with van der Waals surface area (Å²) in [6.07, 6.45) is 6.40. The third kappa shape index (κ3) is 0.763. The zero-order valence-corrected chi connectivity index (χ0v) is 7.88. The molecule has 2 unspecified atom stereocenters. The normalized spacial score (nSPS) is 40.5. The van der Waals surface area contributed by atoms with Gasteiger partial charge in [0.15, 0.2) is 0 Å². The standard InChI is InChI=1S/C13H14/c1-2-13-8-7-10(9-13)11-5-3-4-6-12(11)13/h3-8,10H,2,9H2,1H3/i10T. The van der Waals surface area contributed by atoms with Gasteiger partial charge in [0.05, 0.1) is 0 Å². The van der Waals surface area contributed by atoms with Crippen LogP contribution in [0.1, 0.15) is 38.2 Å². The highest BCUT2D eigenvalue weighted by molar-refractivity contribution is 5.51. The average Bonchev–Trinajstić information content (AvgIpc) is 2.70. The summed E-state index contributed by atoms with van der Waals surface area (Å²) in [5, 5.41) is 0. The monoisotopic (exact) mass is 172 g/mol. The van der Waals surface area contributed by atoms with Crippen molar-refractivity contribution in [3.05, 3.63) is 47.5 Å². The van der Waals surface area contributed by atoms with Crippen molar-refractivity contribution in [1.82, 2.24) is 0 Å². The minimum absolute atomic E-state index is 0.179. The molecule has 66 valence electrons. The van der Waals surface area contributed by atoms with Crippen LogP contribution in [0.15, 0.2) is 36.4 Å². The molecule has 1 aromatic rings. The lowest BCUT2D eigenvalue weighted by Crippen LogP contribution is -2.16.